The molecule has 1 aliphatic heterocycles. The Kier molecular flexibility index (Phi) is 2.96. The van der Waals surface area contributed by atoms with Crippen LogP contribution in [0.15, 0.2) is 18.2 Å². The van der Waals surface area contributed by atoms with Gasteiger partial charge in [0.05, 0.1) is 5.69 Å². The molecule has 1 amide bonds. The molecule has 1 heterocycles. The summed E-state index contributed by atoms with van der Waals surface area (Å²) in [7, 11) is 2.00. The van der Waals surface area contributed by atoms with Crippen molar-refractivity contribution in [2.75, 3.05) is 19.0 Å². The molecule has 18 heavy (non-hydrogen) atoms. The van der Waals surface area contributed by atoms with E-state index in [-0.39, 0.29) is 12.5 Å². The molecule has 1 fully saturated rings. The second kappa shape index (κ2) is 4.61. The second-order valence-corrected chi connectivity index (χ2v) is 5.05. The first-order valence-electron chi connectivity index (χ1n) is 6.52. The van der Waals surface area contributed by atoms with Crippen LogP contribution in [0.2, 0.25) is 0 Å². The molecular weight excluding hydrogens is 228 g/mol. The Morgan fingerprint density at radius 3 is 2.94 bits per heavy atom. The molecule has 0 spiro atoms. The van der Waals surface area contributed by atoms with Crippen LogP contribution >= 0.6 is 0 Å². The summed E-state index contributed by atoms with van der Waals surface area (Å²) < 4.78 is 5.37. The molecule has 96 valence electrons. The number of ether oxygens (including phenoxy) is 1. The maximum atomic E-state index is 11.3. The van der Waals surface area contributed by atoms with Crippen molar-refractivity contribution in [2.24, 2.45) is 5.92 Å². The number of hydrogen-bond donors (Lipinski definition) is 2. The fourth-order valence-corrected chi connectivity index (χ4v) is 2.74. The molecule has 0 saturated heterocycles. The number of rotatable bonds is 3. The molecule has 1 aromatic carbocycles. The number of carbonyl (C=O) groups is 1. The number of nitrogens with one attached hydrogen (secondary N) is 2. The van der Waals surface area contributed by atoms with Crippen LogP contribution in [0.5, 0.6) is 5.75 Å². The first-order valence-corrected chi connectivity index (χ1v) is 6.52. The van der Waals surface area contributed by atoms with Crippen LogP contribution in [0.25, 0.3) is 0 Å². The Hall–Kier alpha value is -1.55. The van der Waals surface area contributed by atoms with E-state index in [1.807, 2.05) is 19.2 Å². The minimum Gasteiger partial charge on any atom is -0.482 e. The van der Waals surface area contributed by atoms with Gasteiger partial charge in [0.25, 0.3) is 5.91 Å². The van der Waals surface area contributed by atoms with Gasteiger partial charge in [-0.15, -0.1) is 0 Å². The smallest absolute Gasteiger partial charge is 0.262 e. The van der Waals surface area contributed by atoms with Crippen LogP contribution in [0.1, 0.15) is 30.9 Å². The number of anilines is 1. The van der Waals surface area contributed by atoms with Gasteiger partial charge in [0.1, 0.15) is 5.75 Å². The fourth-order valence-electron chi connectivity index (χ4n) is 2.74. The molecule has 1 aliphatic carbocycles. The van der Waals surface area contributed by atoms with E-state index in [1.165, 1.54) is 24.8 Å². The van der Waals surface area contributed by atoms with E-state index in [2.05, 4.69) is 16.7 Å². The normalized spacial score (nSPS) is 20.4. The quantitative estimate of drug-likeness (QED) is 0.858. The zero-order valence-corrected chi connectivity index (χ0v) is 10.5. The highest BCUT2D eigenvalue weighted by atomic mass is 16.5. The number of hydrogen-bond acceptors (Lipinski definition) is 3. The zero-order chi connectivity index (χ0) is 12.5. The van der Waals surface area contributed by atoms with Gasteiger partial charge in [0, 0.05) is 6.04 Å². The topological polar surface area (TPSA) is 50.4 Å². The average Bonchev–Trinajstić information content (AvgIpc) is 2.32. The van der Waals surface area contributed by atoms with Gasteiger partial charge >= 0.3 is 0 Å². The highest BCUT2D eigenvalue weighted by Crippen LogP contribution is 2.39. The molecule has 4 heteroatoms. The molecule has 0 bridgehead atoms. The third-order valence-electron chi connectivity index (χ3n) is 3.93. The monoisotopic (exact) mass is 246 g/mol. The fraction of sp³-hybridized carbons (Fsp3) is 0.500. The van der Waals surface area contributed by atoms with Gasteiger partial charge in [-0.05, 0) is 43.5 Å². The number of amides is 1. The highest BCUT2D eigenvalue weighted by molar-refractivity contribution is 5.95. The van der Waals surface area contributed by atoms with Gasteiger partial charge in [0.15, 0.2) is 6.61 Å². The van der Waals surface area contributed by atoms with Gasteiger partial charge in [0.2, 0.25) is 0 Å². The summed E-state index contributed by atoms with van der Waals surface area (Å²) in [5, 5.41) is 6.25. The molecule has 2 aliphatic rings. The van der Waals surface area contributed by atoms with E-state index < -0.39 is 0 Å². The minimum absolute atomic E-state index is 0.0794. The molecule has 2 N–H and O–H groups in total. The van der Waals surface area contributed by atoms with Crippen molar-refractivity contribution >= 4 is 11.6 Å². The second-order valence-electron chi connectivity index (χ2n) is 5.05. The predicted octanol–water partition coefficient (Wildman–Crippen LogP) is 2.08. The number of carbonyl (C=O) groups excluding carboxylic acids is 1. The number of fused-ring (bicyclic) bond motifs is 1. The maximum Gasteiger partial charge on any atom is 0.262 e. The van der Waals surface area contributed by atoms with Crippen LogP contribution in [-0.2, 0) is 4.79 Å². The average molecular weight is 246 g/mol. The van der Waals surface area contributed by atoms with Crippen LogP contribution in [0.4, 0.5) is 5.69 Å². The van der Waals surface area contributed by atoms with Crippen molar-refractivity contribution in [2.45, 2.75) is 25.3 Å². The lowest BCUT2D eigenvalue weighted by atomic mass is 9.77. The molecule has 1 aromatic rings. The minimum atomic E-state index is -0.0794. The standard InChI is InChI=1S/C14H18N2O2/c1-15-14(9-3-2-4-9)10-5-6-12-11(7-10)16-13(17)8-18-12/h5-7,9,14-15H,2-4,8H2,1H3,(H,16,17). The maximum absolute atomic E-state index is 11.3. The summed E-state index contributed by atoms with van der Waals surface area (Å²) >= 11 is 0. The summed E-state index contributed by atoms with van der Waals surface area (Å²) in [4.78, 5) is 11.3. The molecule has 4 nitrogen and oxygen atoms in total. The van der Waals surface area contributed by atoms with Gasteiger partial charge < -0.3 is 15.4 Å². The third-order valence-corrected chi connectivity index (χ3v) is 3.93. The largest absolute Gasteiger partial charge is 0.482 e. The molecule has 1 saturated carbocycles. The molecule has 3 rings (SSSR count). The van der Waals surface area contributed by atoms with E-state index in [4.69, 9.17) is 4.74 Å². The van der Waals surface area contributed by atoms with Crippen LogP contribution in [0, 0.1) is 5.92 Å². The Labute approximate surface area is 107 Å². The SMILES string of the molecule is CNC(c1ccc2c(c1)NC(=O)CO2)C1CCC1. The van der Waals surface area contributed by atoms with Crippen molar-refractivity contribution in [1.82, 2.24) is 5.32 Å². The number of benzene rings is 1. The van der Waals surface area contributed by atoms with E-state index in [9.17, 15) is 4.79 Å². The Balaban J connectivity index is 1.88. The third kappa shape index (κ3) is 1.97. The lowest BCUT2D eigenvalue weighted by molar-refractivity contribution is -0.118. The van der Waals surface area contributed by atoms with Crippen molar-refractivity contribution in [3.8, 4) is 5.75 Å². The Bertz CT molecular complexity index is 469. The van der Waals surface area contributed by atoms with Crippen molar-refractivity contribution in [3.63, 3.8) is 0 Å². The molecular formula is C14H18N2O2. The van der Waals surface area contributed by atoms with Gasteiger partial charge in [-0.2, -0.15) is 0 Å². The highest BCUT2D eigenvalue weighted by Gasteiger charge is 2.28. The predicted molar refractivity (Wildman–Crippen MR) is 69.7 cm³/mol. The van der Waals surface area contributed by atoms with Gasteiger partial charge in [-0.1, -0.05) is 12.5 Å². The van der Waals surface area contributed by atoms with Crippen molar-refractivity contribution < 1.29 is 9.53 Å². The Morgan fingerprint density at radius 2 is 2.28 bits per heavy atom. The Morgan fingerprint density at radius 1 is 1.44 bits per heavy atom. The van der Waals surface area contributed by atoms with E-state index in [1.54, 1.807) is 0 Å². The van der Waals surface area contributed by atoms with E-state index >= 15 is 0 Å². The molecule has 0 aromatic heterocycles. The lowest BCUT2D eigenvalue weighted by Crippen LogP contribution is -2.30. The first kappa shape index (κ1) is 11.5. The summed E-state index contributed by atoms with van der Waals surface area (Å²) in [6.45, 7) is 0.116. The zero-order valence-electron chi connectivity index (χ0n) is 10.5. The van der Waals surface area contributed by atoms with Gasteiger partial charge in [-0.3, -0.25) is 4.79 Å². The van der Waals surface area contributed by atoms with E-state index in [0.717, 1.165) is 11.4 Å². The van der Waals surface area contributed by atoms with Crippen molar-refractivity contribution in [1.29, 1.82) is 0 Å². The lowest BCUT2D eigenvalue weighted by Gasteiger charge is -2.34. The summed E-state index contributed by atoms with van der Waals surface area (Å²) in [6, 6.07) is 6.46. The summed E-state index contributed by atoms with van der Waals surface area (Å²) in [5.41, 5.74) is 2.02. The van der Waals surface area contributed by atoms with E-state index in [0.29, 0.717) is 12.0 Å². The first-order chi connectivity index (χ1) is 8.78. The molecule has 1 atom stereocenters. The van der Waals surface area contributed by atoms with Gasteiger partial charge in [-0.25, -0.2) is 0 Å². The summed E-state index contributed by atoms with van der Waals surface area (Å²) in [6.07, 6.45) is 3.89. The molecule has 1 unspecified atom stereocenters. The van der Waals surface area contributed by atoms with Crippen LogP contribution in [-0.4, -0.2) is 19.6 Å². The molecule has 0 radical (unpaired) electrons. The van der Waals surface area contributed by atoms with Crippen LogP contribution < -0.4 is 15.4 Å². The van der Waals surface area contributed by atoms with Crippen LogP contribution in [0.3, 0.4) is 0 Å². The summed E-state index contributed by atoms with van der Waals surface area (Å²) in [5.74, 6) is 1.40. The van der Waals surface area contributed by atoms with Crippen molar-refractivity contribution in [3.05, 3.63) is 23.8 Å².